The van der Waals surface area contributed by atoms with Crippen molar-refractivity contribution in [1.29, 1.82) is 0 Å². The van der Waals surface area contributed by atoms with Crippen molar-refractivity contribution in [3.63, 3.8) is 0 Å². The van der Waals surface area contributed by atoms with Crippen LogP contribution in [0.2, 0.25) is 0 Å². The summed E-state index contributed by atoms with van der Waals surface area (Å²) in [5.74, 6) is 0.975. The third kappa shape index (κ3) is 3.37. The second-order valence-electron chi connectivity index (χ2n) is 6.66. The number of amides is 1. The highest BCUT2D eigenvalue weighted by molar-refractivity contribution is 5.93. The van der Waals surface area contributed by atoms with Crippen molar-refractivity contribution in [2.45, 2.75) is 26.3 Å². The highest BCUT2D eigenvalue weighted by Gasteiger charge is 2.25. The maximum Gasteiger partial charge on any atom is 0.229 e. The zero-order valence-corrected chi connectivity index (χ0v) is 14.4. The van der Waals surface area contributed by atoms with Gasteiger partial charge in [-0.2, -0.15) is 0 Å². The second kappa shape index (κ2) is 6.84. The Morgan fingerprint density at radius 2 is 2.16 bits per heavy atom. The Hall–Kier alpha value is -2.41. The fourth-order valence-electron chi connectivity index (χ4n) is 3.47. The fraction of sp³-hybridized carbons (Fsp3) is 0.500. The fourth-order valence-corrected chi connectivity index (χ4v) is 3.47. The van der Waals surface area contributed by atoms with E-state index in [1.165, 1.54) is 5.69 Å². The topological polar surface area (TPSA) is 72.3 Å². The number of anilines is 2. The molecule has 1 saturated heterocycles. The van der Waals surface area contributed by atoms with E-state index in [2.05, 4.69) is 24.8 Å². The van der Waals surface area contributed by atoms with Gasteiger partial charge < -0.3 is 19.5 Å². The molecule has 1 N–H and O–H groups in total. The van der Waals surface area contributed by atoms with Gasteiger partial charge >= 0.3 is 0 Å². The first-order valence-electron chi connectivity index (χ1n) is 8.81. The van der Waals surface area contributed by atoms with E-state index in [-0.39, 0.29) is 11.8 Å². The molecule has 0 saturated carbocycles. The number of aryl methyl sites for hydroxylation is 2. The average molecular weight is 341 g/mol. The molecule has 2 aliphatic heterocycles. The van der Waals surface area contributed by atoms with Gasteiger partial charge in [0.25, 0.3) is 0 Å². The molecule has 25 heavy (non-hydrogen) atoms. The number of hydrogen-bond acceptors (Lipinski definition) is 5. The van der Waals surface area contributed by atoms with E-state index in [0.29, 0.717) is 6.54 Å². The summed E-state index contributed by atoms with van der Waals surface area (Å²) in [6.07, 6.45) is 5.44. The van der Waals surface area contributed by atoms with E-state index in [0.717, 1.165) is 56.3 Å². The Morgan fingerprint density at radius 1 is 1.32 bits per heavy atom. The number of pyridine rings is 1. The minimum atomic E-state index is -0.0278. The summed E-state index contributed by atoms with van der Waals surface area (Å²) in [4.78, 5) is 23.7. The lowest BCUT2D eigenvalue weighted by Gasteiger charge is -2.28. The third-order valence-electron chi connectivity index (χ3n) is 5.00. The predicted octanol–water partition coefficient (Wildman–Crippen LogP) is 1.62. The van der Waals surface area contributed by atoms with Gasteiger partial charge in [0, 0.05) is 31.5 Å². The van der Waals surface area contributed by atoms with Gasteiger partial charge in [-0.25, -0.2) is 9.97 Å². The molecule has 0 aliphatic carbocycles. The van der Waals surface area contributed by atoms with Gasteiger partial charge in [0.15, 0.2) is 0 Å². The van der Waals surface area contributed by atoms with Crippen LogP contribution in [0.3, 0.4) is 0 Å². The Balaban J connectivity index is 1.43. The van der Waals surface area contributed by atoms with Crippen molar-refractivity contribution >= 4 is 17.4 Å². The number of hydrogen-bond donors (Lipinski definition) is 1. The van der Waals surface area contributed by atoms with E-state index in [4.69, 9.17) is 4.74 Å². The summed E-state index contributed by atoms with van der Waals surface area (Å²) in [6, 6.07) is 3.93. The molecule has 2 aliphatic rings. The molecule has 0 bridgehead atoms. The zero-order valence-electron chi connectivity index (χ0n) is 14.4. The van der Waals surface area contributed by atoms with Crippen LogP contribution in [0.25, 0.3) is 0 Å². The minimum Gasteiger partial charge on any atom is -0.378 e. The van der Waals surface area contributed by atoms with Gasteiger partial charge in [-0.1, -0.05) is 0 Å². The molecule has 1 amide bonds. The molecular weight excluding hydrogens is 318 g/mol. The smallest absolute Gasteiger partial charge is 0.229 e. The Labute approximate surface area is 147 Å². The number of rotatable bonds is 3. The summed E-state index contributed by atoms with van der Waals surface area (Å²) in [5, 5.41) is 3.05. The van der Waals surface area contributed by atoms with E-state index >= 15 is 0 Å². The van der Waals surface area contributed by atoms with E-state index in [1.807, 2.05) is 25.3 Å². The summed E-state index contributed by atoms with van der Waals surface area (Å²) < 4.78 is 7.45. The number of morpholine rings is 1. The molecule has 0 aromatic carbocycles. The van der Waals surface area contributed by atoms with Crippen molar-refractivity contribution in [3.05, 3.63) is 36.0 Å². The summed E-state index contributed by atoms with van der Waals surface area (Å²) in [6.45, 7) is 5.81. The number of carbonyl (C=O) groups is 1. The average Bonchev–Trinajstić information content (AvgIpc) is 3.12. The van der Waals surface area contributed by atoms with E-state index < -0.39 is 0 Å². The summed E-state index contributed by atoms with van der Waals surface area (Å²) in [7, 11) is 0. The summed E-state index contributed by atoms with van der Waals surface area (Å²) >= 11 is 0. The minimum absolute atomic E-state index is 0.0278. The highest BCUT2D eigenvalue weighted by atomic mass is 16.5. The molecule has 132 valence electrons. The largest absolute Gasteiger partial charge is 0.378 e. The first kappa shape index (κ1) is 16.1. The van der Waals surface area contributed by atoms with Crippen LogP contribution in [0.1, 0.15) is 17.8 Å². The lowest BCUT2D eigenvalue weighted by Crippen LogP contribution is -2.36. The van der Waals surface area contributed by atoms with Crippen LogP contribution in [-0.2, 0) is 22.5 Å². The van der Waals surface area contributed by atoms with Crippen LogP contribution in [0.4, 0.5) is 11.5 Å². The highest BCUT2D eigenvalue weighted by Crippen LogP contribution is 2.23. The Bertz CT molecular complexity index is 767. The van der Waals surface area contributed by atoms with Crippen molar-refractivity contribution in [1.82, 2.24) is 14.5 Å². The molecule has 2 aromatic heterocycles. The number of imidazole rings is 1. The second-order valence-corrected chi connectivity index (χ2v) is 6.66. The normalized spacial score (nSPS) is 20.2. The molecule has 1 unspecified atom stereocenters. The van der Waals surface area contributed by atoms with Gasteiger partial charge in [-0.15, -0.1) is 0 Å². The zero-order chi connectivity index (χ0) is 17.2. The Morgan fingerprint density at radius 3 is 2.96 bits per heavy atom. The van der Waals surface area contributed by atoms with E-state index in [9.17, 15) is 4.79 Å². The van der Waals surface area contributed by atoms with E-state index in [1.54, 1.807) is 6.33 Å². The lowest BCUT2D eigenvalue weighted by molar-refractivity contribution is -0.120. The molecule has 1 fully saturated rings. The van der Waals surface area contributed by atoms with Crippen LogP contribution >= 0.6 is 0 Å². The third-order valence-corrected chi connectivity index (χ3v) is 5.00. The van der Waals surface area contributed by atoms with Crippen LogP contribution < -0.4 is 10.2 Å². The molecule has 0 spiro atoms. The van der Waals surface area contributed by atoms with Crippen LogP contribution in [0.5, 0.6) is 0 Å². The van der Waals surface area contributed by atoms with Crippen molar-refractivity contribution in [3.8, 4) is 0 Å². The van der Waals surface area contributed by atoms with Crippen LogP contribution in [0, 0.1) is 12.8 Å². The van der Waals surface area contributed by atoms with Crippen LogP contribution in [-0.4, -0.2) is 46.7 Å². The standard InChI is InChI=1S/C18H23N5O2/c1-13-16(4-5-17(20-13)22-6-8-25-9-7-22)21-18(24)14-2-3-15-10-19-12-23(15)11-14/h4-5,10,12,14H,2-3,6-9,11H2,1H3,(H,21,24). The van der Waals surface area contributed by atoms with Crippen molar-refractivity contribution in [2.75, 3.05) is 36.5 Å². The number of carbonyl (C=O) groups excluding carboxylic acids is 1. The SMILES string of the molecule is Cc1nc(N2CCOCC2)ccc1NC(=O)C1CCc2cncn2C1. The van der Waals surface area contributed by atoms with Crippen LogP contribution in [0.15, 0.2) is 24.7 Å². The van der Waals surface area contributed by atoms with Crippen molar-refractivity contribution in [2.24, 2.45) is 5.92 Å². The number of fused-ring (bicyclic) bond motifs is 1. The monoisotopic (exact) mass is 341 g/mol. The molecule has 4 rings (SSSR count). The number of nitrogens with zero attached hydrogens (tertiary/aromatic N) is 4. The Kier molecular flexibility index (Phi) is 4.40. The molecule has 0 radical (unpaired) electrons. The van der Waals surface area contributed by atoms with Gasteiger partial charge in [-0.3, -0.25) is 4.79 Å². The number of aromatic nitrogens is 3. The first-order chi connectivity index (χ1) is 12.2. The number of ether oxygens (including phenoxy) is 1. The molecule has 7 heteroatoms. The summed E-state index contributed by atoms with van der Waals surface area (Å²) in [5.41, 5.74) is 2.84. The lowest BCUT2D eigenvalue weighted by atomic mass is 9.97. The van der Waals surface area contributed by atoms with Gasteiger partial charge in [0.2, 0.25) is 5.91 Å². The molecule has 4 heterocycles. The maximum atomic E-state index is 12.6. The maximum absolute atomic E-state index is 12.6. The van der Waals surface area contributed by atoms with Gasteiger partial charge in [-0.05, 0) is 31.9 Å². The van der Waals surface area contributed by atoms with Crippen molar-refractivity contribution < 1.29 is 9.53 Å². The van der Waals surface area contributed by atoms with Gasteiger partial charge in [0.05, 0.1) is 36.8 Å². The molecule has 1 atom stereocenters. The molecule has 7 nitrogen and oxygen atoms in total. The predicted molar refractivity (Wildman–Crippen MR) is 94.7 cm³/mol. The first-order valence-corrected chi connectivity index (χ1v) is 8.81. The molecule has 2 aromatic rings. The number of nitrogens with one attached hydrogen (secondary N) is 1. The molecular formula is C18H23N5O2. The van der Waals surface area contributed by atoms with Gasteiger partial charge in [0.1, 0.15) is 5.82 Å². The quantitative estimate of drug-likeness (QED) is 0.918.